The van der Waals surface area contributed by atoms with E-state index in [1.54, 1.807) is 0 Å². The van der Waals surface area contributed by atoms with Crippen LogP contribution in [0.4, 0.5) is 0 Å². The number of aliphatic carboxylic acids is 1. The lowest BCUT2D eigenvalue weighted by atomic mass is 9.98. The molecule has 1 heterocycles. The van der Waals surface area contributed by atoms with Crippen molar-refractivity contribution in [2.45, 2.75) is 30.7 Å². The first-order chi connectivity index (χ1) is 11.2. The Morgan fingerprint density at radius 3 is 2.54 bits per heavy atom. The second-order valence-corrected chi connectivity index (χ2v) is 7.91. The summed E-state index contributed by atoms with van der Waals surface area (Å²) in [6.45, 7) is 1.97. The number of likely N-dealkylation sites (tertiary alicyclic amines) is 1. The molecule has 1 aromatic rings. The van der Waals surface area contributed by atoms with Crippen molar-refractivity contribution in [1.29, 1.82) is 0 Å². The van der Waals surface area contributed by atoms with E-state index in [4.69, 9.17) is 16.7 Å². The normalized spacial score (nSPS) is 19.8. The summed E-state index contributed by atoms with van der Waals surface area (Å²) in [5.74, 6) is -1.98. The van der Waals surface area contributed by atoms with Crippen LogP contribution in [-0.2, 0) is 19.6 Å². The monoisotopic (exact) mass is 374 g/mol. The average molecular weight is 375 g/mol. The lowest BCUT2D eigenvalue weighted by Gasteiger charge is -2.32. The number of sulfonamides is 1. The first-order valence-electron chi connectivity index (χ1n) is 7.50. The van der Waals surface area contributed by atoms with Crippen LogP contribution in [0.5, 0.6) is 0 Å². The maximum Gasteiger partial charge on any atom is 0.308 e. The van der Waals surface area contributed by atoms with E-state index in [0.29, 0.717) is 24.4 Å². The van der Waals surface area contributed by atoms with E-state index in [2.05, 4.69) is 4.72 Å². The summed E-state index contributed by atoms with van der Waals surface area (Å²) in [5, 5.41) is 9.48. The zero-order valence-electron chi connectivity index (χ0n) is 13.1. The first-order valence-corrected chi connectivity index (χ1v) is 9.36. The molecule has 24 heavy (non-hydrogen) atoms. The van der Waals surface area contributed by atoms with Gasteiger partial charge in [0, 0.05) is 18.1 Å². The molecule has 9 heteroatoms. The fourth-order valence-electron chi connectivity index (χ4n) is 2.62. The van der Waals surface area contributed by atoms with E-state index in [1.165, 1.54) is 36.1 Å². The number of carboxylic acids is 1. The molecule has 2 N–H and O–H groups in total. The summed E-state index contributed by atoms with van der Waals surface area (Å²) in [6, 6.07) is 4.61. The molecule has 0 saturated carbocycles. The lowest BCUT2D eigenvalue weighted by molar-refractivity contribution is -0.146. The largest absolute Gasteiger partial charge is 0.481 e. The highest BCUT2D eigenvalue weighted by Crippen LogP contribution is 2.18. The quantitative estimate of drug-likeness (QED) is 0.809. The summed E-state index contributed by atoms with van der Waals surface area (Å²) in [4.78, 5) is 24.9. The number of carbonyl (C=O) groups is 2. The second kappa shape index (κ2) is 7.50. The van der Waals surface area contributed by atoms with Crippen LogP contribution >= 0.6 is 11.6 Å². The van der Waals surface area contributed by atoms with E-state index in [-0.39, 0.29) is 11.4 Å². The molecule has 1 fully saturated rings. The van der Waals surface area contributed by atoms with Crippen molar-refractivity contribution in [1.82, 2.24) is 9.62 Å². The van der Waals surface area contributed by atoms with Crippen molar-refractivity contribution in [2.75, 3.05) is 13.1 Å². The van der Waals surface area contributed by atoms with Crippen LogP contribution in [-0.4, -0.2) is 49.4 Å². The summed E-state index contributed by atoms with van der Waals surface area (Å²) < 4.78 is 26.9. The van der Waals surface area contributed by atoms with Gasteiger partial charge in [0.25, 0.3) is 0 Å². The molecular formula is C15H19ClN2O5S. The third-order valence-corrected chi connectivity index (χ3v) is 5.72. The zero-order valence-corrected chi connectivity index (χ0v) is 14.7. The van der Waals surface area contributed by atoms with Crippen molar-refractivity contribution < 1.29 is 23.1 Å². The molecule has 2 unspecified atom stereocenters. The number of nitrogens with zero attached hydrogens (tertiary/aromatic N) is 1. The van der Waals surface area contributed by atoms with Gasteiger partial charge in [-0.3, -0.25) is 9.59 Å². The van der Waals surface area contributed by atoms with Gasteiger partial charge >= 0.3 is 5.97 Å². The van der Waals surface area contributed by atoms with Gasteiger partial charge in [-0.2, -0.15) is 4.72 Å². The molecule has 1 aliphatic heterocycles. The van der Waals surface area contributed by atoms with Crippen molar-refractivity contribution in [3.05, 3.63) is 29.3 Å². The Labute approximate surface area is 145 Å². The minimum absolute atomic E-state index is 0.00797. The van der Waals surface area contributed by atoms with Crippen LogP contribution in [0.25, 0.3) is 0 Å². The molecule has 0 aliphatic carbocycles. The molecule has 2 rings (SSSR count). The SMILES string of the molecule is CC(NS(=O)(=O)c1ccc(Cl)cc1)C(=O)N1CCCC(C(=O)O)C1. The third-order valence-electron chi connectivity index (χ3n) is 3.91. The highest BCUT2D eigenvalue weighted by Gasteiger charge is 2.31. The molecule has 1 amide bonds. The number of hydrogen-bond donors (Lipinski definition) is 2. The summed E-state index contributed by atoms with van der Waals surface area (Å²) in [7, 11) is -3.86. The number of benzene rings is 1. The topological polar surface area (TPSA) is 104 Å². The molecule has 0 aromatic heterocycles. The number of nitrogens with one attached hydrogen (secondary N) is 1. The van der Waals surface area contributed by atoms with E-state index in [0.717, 1.165) is 0 Å². The van der Waals surface area contributed by atoms with E-state index in [1.807, 2.05) is 0 Å². The highest BCUT2D eigenvalue weighted by atomic mass is 35.5. The predicted octanol–water partition coefficient (Wildman–Crippen LogP) is 1.33. The average Bonchev–Trinajstić information content (AvgIpc) is 2.54. The smallest absolute Gasteiger partial charge is 0.308 e. The minimum atomic E-state index is -3.86. The zero-order chi connectivity index (χ0) is 17.9. The first kappa shape index (κ1) is 18.7. The Hall–Kier alpha value is -1.64. The summed E-state index contributed by atoms with van der Waals surface area (Å²) in [6.07, 6.45) is 1.10. The Kier molecular flexibility index (Phi) is 5.84. The van der Waals surface area contributed by atoms with Crippen LogP contribution in [0.3, 0.4) is 0 Å². The van der Waals surface area contributed by atoms with Crippen molar-refractivity contribution in [3.63, 3.8) is 0 Å². The number of piperidine rings is 1. The lowest BCUT2D eigenvalue weighted by Crippen LogP contribution is -2.50. The molecule has 132 valence electrons. The van der Waals surface area contributed by atoms with Gasteiger partial charge in [0.05, 0.1) is 16.9 Å². The minimum Gasteiger partial charge on any atom is -0.481 e. The molecule has 0 radical (unpaired) electrons. The molecule has 1 aliphatic rings. The van der Waals surface area contributed by atoms with Crippen molar-refractivity contribution in [3.8, 4) is 0 Å². The maximum absolute atomic E-state index is 12.4. The third kappa shape index (κ3) is 4.46. The maximum atomic E-state index is 12.4. The van der Waals surface area contributed by atoms with Crippen LogP contribution in [0.1, 0.15) is 19.8 Å². The molecular weight excluding hydrogens is 356 g/mol. The van der Waals surface area contributed by atoms with Gasteiger partial charge in [0.15, 0.2) is 0 Å². The van der Waals surface area contributed by atoms with Gasteiger partial charge in [-0.1, -0.05) is 11.6 Å². The predicted molar refractivity (Wildman–Crippen MR) is 88.2 cm³/mol. The number of halogens is 1. The molecule has 2 atom stereocenters. The van der Waals surface area contributed by atoms with E-state index in [9.17, 15) is 18.0 Å². The van der Waals surface area contributed by atoms with Gasteiger partial charge in [0.2, 0.25) is 15.9 Å². The number of carboxylic acid groups (broad SMARTS) is 1. The van der Waals surface area contributed by atoms with E-state index >= 15 is 0 Å². The highest BCUT2D eigenvalue weighted by molar-refractivity contribution is 7.89. The van der Waals surface area contributed by atoms with E-state index < -0.39 is 33.9 Å². The summed E-state index contributed by atoms with van der Waals surface area (Å²) >= 11 is 5.73. The standard InChI is InChI=1S/C15H19ClN2O5S/c1-10(14(19)18-8-2-3-11(9-18)15(20)21)17-24(22,23)13-6-4-12(16)5-7-13/h4-7,10-11,17H,2-3,8-9H2,1H3,(H,20,21). The van der Waals surface area contributed by atoms with Crippen LogP contribution < -0.4 is 4.72 Å². The van der Waals surface area contributed by atoms with Crippen LogP contribution in [0.2, 0.25) is 5.02 Å². The van der Waals surface area contributed by atoms with Gasteiger partial charge in [-0.25, -0.2) is 8.42 Å². The Bertz CT molecular complexity index is 720. The number of rotatable bonds is 5. The van der Waals surface area contributed by atoms with Gasteiger partial charge < -0.3 is 10.0 Å². The second-order valence-electron chi connectivity index (χ2n) is 5.76. The van der Waals surface area contributed by atoms with Gasteiger partial charge in [-0.05, 0) is 44.0 Å². The summed E-state index contributed by atoms with van der Waals surface area (Å²) in [5.41, 5.74) is 0. The van der Waals surface area contributed by atoms with Crippen LogP contribution in [0.15, 0.2) is 29.2 Å². The molecule has 1 saturated heterocycles. The number of amides is 1. The molecule has 1 aromatic carbocycles. The molecule has 0 spiro atoms. The Balaban J connectivity index is 2.05. The van der Waals surface area contributed by atoms with Crippen LogP contribution in [0, 0.1) is 5.92 Å². The van der Waals surface area contributed by atoms with Crippen molar-refractivity contribution in [2.24, 2.45) is 5.92 Å². The molecule has 7 nitrogen and oxygen atoms in total. The van der Waals surface area contributed by atoms with Crippen molar-refractivity contribution >= 4 is 33.5 Å². The van der Waals surface area contributed by atoms with Gasteiger partial charge in [0.1, 0.15) is 0 Å². The number of hydrogen-bond acceptors (Lipinski definition) is 4. The fourth-order valence-corrected chi connectivity index (χ4v) is 3.94. The van der Waals surface area contributed by atoms with Gasteiger partial charge in [-0.15, -0.1) is 0 Å². The Morgan fingerprint density at radius 1 is 1.33 bits per heavy atom. The fraction of sp³-hybridized carbons (Fsp3) is 0.467. The molecule has 0 bridgehead atoms. The number of carbonyl (C=O) groups excluding carboxylic acids is 1. The Morgan fingerprint density at radius 2 is 1.96 bits per heavy atom.